The summed E-state index contributed by atoms with van der Waals surface area (Å²) in [6.07, 6.45) is 0.988. The lowest BCUT2D eigenvalue weighted by Crippen LogP contribution is -2.34. The lowest BCUT2D eigenvalue weighted by molar-refractivity contribution is -0.384. The highest BCUT2D eigenvalue weighted by Gasteiger charge is 2.62. The lowest BCUT2D eigenvalue weighted by atomic mass is 9.81. The minimum atomic E-state index is -0.586. The molecular weight excluding hydrogens is 400 g/mol. The van der Waals surface area contributed by atoms with Gasteiger partial charge in [0.2, 0.25) is 11.8 Å². The molecule has 0 unspecified atom stereocenters. The number of ether oxygens (including phenoxy) is 2. The number of carbonyl (C=O) groups is 2. The third kappa shape index (κ3) is 2.87. The van der Waals surface area contributed by atoms with Crippen molar-refractivity contribution in [2.45, 2.75) is 25.0 Å². The number of amides is 2. The average Bonchev–Trinajstić information content (AvgIpc) is 3.37. The summed E-state index contributed by atoms with van der Waals surface area (Å²) in [4.78, 5) is 37.8. The van der Waals surface area contributed by atoms with Crippen molar-refractivity contribution in [2.24, 2.45) is 11.8 Å². The lowest BCUT2D eigenvalue weighted by Gasteiger charge is -2.18. The van der Waals surface area contributed by atoms with E-state index in [4.69, 9.17) is 21.1 Å². The van der Waals surface area contributed by atoms with E-state index in [0.717, 1.165) is 17.7 Å². The average molecular weight is 415 g/mol. The van der Waals surface area contributed by atoms with E-state index in [1.165, 1.54) is 18.2 Å². The third-order valence-corrected chi connectivity index (χ3v) is 5.93. The topological polar surface area (TPSA) is 99.0 Å². The van der Waals surface area contributed by atoms with Gasteiger partial charge in [0.1, 0.15) is 11.5 Å². The Labute approximate surface area is 170 Å². The number of imide groups is 1. The second-order valence-electron chi connectivity index (χ2n) is 7.35. The number of halogens is 1. The van der Waals surface area contributed by atoms with Crippen molar-refractivity contribution in [3.8, 4) is 11.5 Å². The predicted octanol–water partition coefficient (Wildman–Crippen LogP) is 3.71. The van der Waals surface area contributed by atoms with Gasteiger partial charge in [-0.2, -0.15) is 0 Å². The van der Waals surface area contributed by atoms with Crippen molar-refractivity contribution < 1.29 is 24.0 Å². The summed E-state index contributed by atoms with van der Waals surface area (Å²) in [5.74, 6) is -1.20. The quantitative estimate of drug-likeness (QED) is 0.429. The smallest absolute Gasteiger partial charge is 0.275 e. The van der Waals surface area contributed by atoms with Crippen LogP contribution in [0.5, 0.6) is 11.5 Å². The molecule has 5 rings (SSSR count). The van der Waals surface area contributed by atoms with Crippen LogP contribution in [0.1, 0.15) is 12.8 Å². The van der Waals surface area contributed by atoms with Crippen LogP contribution in [0, 0.1) is 22.0 Å². The van der Waals surface area contributed by atoms with Gasteiger partial charge in [0.25, 0.3) is 5.69 Å². The van der Waals surface area contributed by atoms with Crippen molar-refractivity contribution in [1.82, 2.24) is 0 Å². The summed E-state index contributed by atoms with van der Waals surface area (Å²) in [6, 6.07) is 10.4. The number of anilines is 1. The molecule has 3 aliphatic rings. The van der Waals surface area contributed by atoms with Gasteiger partial charge in [-0.3, -0.25) is 19.7 Å². The molecule has 3 fully saturated rings. The van der Waals surface area contributed by atoms with Crippen LogP contribution in [0.2, 0.25) is 5.02 Å². The fourth-order valence-corrected chi connectivity index (χ4v) is 4.59. The van der Waals surface area contributed by atoms with Crippen LogP contribution >= 0.6 is 11.6 Å². The van der Waals surface area contributed by atoms with Gasteiger partial charge < -0.3 is 9.47 Å². The van der Waals surface area contributed by atoms with E-state index >= 15 is 0 Å². The highest BCUT2D eigenvalue weighted by Crippen LogP contribution is 2.50. The van der Waals surface area contributed by atoms with Crippen LogP contribution in [0.4, 0.5) is 11.4 Å². The molecule has 2 aromatic rings. The SMILES string of the molecule is O=C1[C@H]2[C@H](C(=O)N1c1cc(Oc3ccc(Cl)cc3)cc([N+](=O)[O-])c1)[C@H]1CC[C@H]2O1. The minimum absolute atomic E-state index is 0.131. The Bertz CT molecular complexity index is 1010. The van der Waals surface area contributed by atoms with E-state index in [1.807, 2.05) is 0 Å². The standard InChI is InChI=1S/C20H15ClN2O6/c21-10-1-3-13(4-2-10)28-14-8-11(7-12(9-14)23(26)27)22-19(24)17-15-5-6-16(29-15)18(17)20(22)25/h1-4,7-9,15-18H,5-6H2/t15-,16-,17-,18-/m1/s1. The Hall–Kier alpha value is -2.97. The van der Waals surface area contributed by atoms with Gasteiger partial charge in [-0.05, 0) is 37.1 Å². The number of nitro benzene ring substituents is 1. The first-order chi connectivity index (χ1) is 13.9. The Kier molecular flexibility index (Phi) is 4.07. The third-order valence-electron chi connectivity index (χ3n) is 5.68. The summed E-state index contributed by atoms with van der Waals surface area (Å²) in [5, 5.41) is 11.9. The molecule has 3 saturated heterocycles. The number of nitro groups is 1. The number of hydrogen-bond donors (Lipinski definition) is 0. The van der Waals surface area contributed by atoms with Gasteiger partial charge in [-0.1, -0.05) is 11.6 Å². The molecule has 29 heavy (non-hydrogen) atoms. The van der Waals surface area contributed by atoms with Gasteiger partial charge in [0, 0.05) is 17.2 Å². The number of carbonyl (C=O) groups excluding carboxylic acids is 2. The predicted molar refractivity (Wildman–Crippen MR) is 102 cm³/mol. The Morgan fingerprint density at radius 3 is 2.21 bits per heavy atom. The Balaban J connectivity index is 1.52. The molecular formula is C20H15ClN2O6. The summed E-state index contributed by atoms with van der Waals surface area (Å²) in [5.41, 5.74) is -0.143. The molecule has 0 aliphatic carbocycles. The van der Waals surface area contributed by atoms with E-state index in [1.54, 1.807) is 24.3 Å². The fraction of sp³-hybridized carbons (Fsp3) is 0.300. The molecule has 0 saturated carbocycles. The van der Waals surface area contributed by atoms with E-state index < -0.39 is 16.8 Å². The molecule has 0 spiro atoms. The molecule has 2 aromatic carbocycles. The van der Waals surface area contributed by atoms with Crippen LogP contribution in [0.3, 0.4) is 0 Å². The molecule has 3 heterocycles. The first-order valence-electron chi connectivity index (χ1n) is 9.18. The normalized spacial score (nSPS) is 27.4. The summed E-state index contributed by atoms with van der Waals surface area (Å²) in [6.45, 7) is 0. The number of nitrogens with zero attached hydrogens (tertiary/aromatic N) is 2. The van der Waals surface area contributed by atoms with Crippen molar-refractivity contribution in [2.75, 3.05) is 4.90 Å². The number of rotatable bonds is 4. The zero-order valence-electron chi connectivity index (χ0n) is 15.0. The molecule has 148 valence electrons. The molecule has 0 aromatic heterocycles. The van der Waals surface area contributed by atoms with Crippen molar-refractivity contribution in [3.05, 3.63) is 57.6 Å². The molecule has 2 amide bonds. The van der Waals surface area contributed by atoms with Gasteiger partial charge in [-0.15, -0.1) is 0 Å². The minimum Gasteiger partial charge on any atom is -0.457 e. The van der Waals surface area contributed by atoms with Crippen LogP contribution in [-0.2, 0) is 14.3 Å². The van der Waals surface area contributed by atoms with E-state index in [2.05, 4.69) is 0 Å². The van der Waals surface area contributed by atoms with Crippen molar-refractivity contribution in [3.63, 3.8) is 0 Å². The van der Waals surface area contributed by atoms with Crippen molar-refractivity contribution in [1.29, 1.82) is 0 Å². The zero-order valence-corrected chi connectivity index (χ0v) is 15.7. The Morgan fingerprint density at radius 1 is 1.00 bits per heavy atom. The fourth-order valence-electron chi connectivity index (χ4n) is 4.47. The van der Waals surface area contributed by atoms with Gasteiger partial charge in [0.05, 0.1) is 40.7 Å². The van der Waals surface area contributed by atoms with Crippen LogP contribution in [0.25, 0.3) is 0 Å². The molecule has 0 N–H and O–H groups in total. The number of non-ortho nitro benzene ring substituents is 1. The molecule has 4 atom stereocenters. The molecule has 0 radical (unpaired) electrons. The van der Waals surface area contributed by atoms with Crippen LogP contribution in [0.15, 0.2) is 42.5 Å². The summed E-state index contributed by atoms with van der Waals surface area (Å²) < 4.78 is 11.4. The van der Waals surface area contributed by atoms with Crippen LogP contribution in [-0.4, -0.2) is 28.9 Å². The summed E-state index contributed by atoms with van der Waals surface area (Å²) in [7, 11) is 0. The maximum atomic E-state index is 13.0. The largest absolute Gasteiger partial charge is 0.457 e. The molecule has 8 nitrogen and oxygen atoms in total. The maximum Gasteiger partial charge on any atom is 0.275 e. The van der Waals surface area contributed by atoms with Gasteiger partial charge in [-0.25, -0.2) is 4.90 Å². The maximum absolute atomic E-state index is 13.0. The zero-order chi connectivity index (χ0) is 20.3. The summed E-state index contributed by atoms with van der Waals surface area (Å²) >= 11 is 5.86. The Morgan fingerprint density at radius 2 is 1.62 bits per heavy atom. The van der Waals surface area contributed by atoms with E-state index in [0.29, 0.717) is 10.8 Å². The number of benzene rings is 2. The monoisotopic (exact) mass is 414 g/mol. The van der Waals surface area contributed by atoms with E-state index in [-0.39, 0.29) is 41.1 Å². The molecule has 2 bridgehead atoms. The number of hydrogen-bond acceptors (Lipinski definition) is 6. The van der Waals surface area contributed by atoms with Gasteiger partial charge in [0.15, 0.2) is 0 Å². The van der Waals surface area contributed by atoms with Gasteiger partial charge >= 0.3 is 0 Å². The van der Waals surface area contributed by atoms with Crippen molar-refractivity contribution >= 4 is 34.8 Å². The second-order valence-corrected chi connectivity index (χ2v) is 7.79. The molecule has 3 aliphatic heterocycles. The first kappa shape index (κ1) is 18.1. The second kappa shape index (κ2) is 6.53. The highest BCUT2D eigenvalue weighted by molar-refractivity contribution is 6.30. The van der Waals surface area contributed by atoms with Crippen LogP contribution < -0.4 is 9.64 Å². The first-order valence-corrected chi connectivity index (χ1v) is 9.56. The van der Waals surface area contributed by atoms with E-state index in [9.17, 15) is 19.7 Å². The highest BCUT2D eigenvalue weighted by atomic mass is 35.5. The molecule has 9 heteroatoms. The number of fused-ring (bicyclic) bond motifs is 5.